The molecule has 0 bridgehead atoms. The lowest BCUT2D eigenvalue weighted by atomic mass is 10.0. The fraction of sp³-hybridized carbons (Fsp3) is 0.500. The summed E-state index contributed by atoms with van der Waals surface area (Å²) in [7, 11) is 0. The van der Waals surface area contributed by atoms with E-state index in [2.05, 4.69) is 48.8 Å². The summed E-state index contributed by atoms with van der Waals surface area (Å²) in [6.45, 7) is 4.12. The van der Waals surface area contributed by atoms with Crippen LogP contribution in [0.4, 0.5) is 0 Å². The summed E-state index contributed by atoms with van der Waals surface area (Å²) in [6, 6.07) is 0.496. The van der Waals surface area contributed by atoms with E-state index in [9.17, 15) is 0 Å². The van der Waals surface area contributed by atoms with E-state index in [1.807, 2.05) is 0 Å². The van der Waals surface area contributed by atoms with Gasteiger partial charge in [0.1, 0.15) is 0 Å². The SMILES string of the molecule is CC(CN)N1CCC2=CCCC=C21.N/C=C\C(=S)S. The Hall–Kier alpha value is -0.780. The largest absolute Gasteiger partial charge is 0.405 e. The lowest BCUT2D eigenvalue weighted by Crippen LogP contribution is -2.35. The van der Waals surface area contributed by atoms with Crippen molar-refractivity contribution in [2.75, 3.05) is 13.1 Å². The number of rotatable bonds is 3. The van der Waals surface area contributed by atoms with Crippen molar-refractivity contribution < 1.29 is 0 Å². The van der Waals surface area contributed by atoms with Gasteiger partial charge < -0.3 is 16.4 Å². The van der Waals surface area contributed by atoms with Gasteiger partial charge in [-0.3, -0.25) is 0 Å². The lowest BCUT2D eigenvalue weighted by molar-refractivity contribution is 0.310. The van der Waals surface area contributed by atoms with Gasteiger partial charge in [0.05, 0.1) is 4.20 Å². The van der Waals surface area contributed by atoms with Crippen LogP contribution in [-0.2, 0) is 0 Å². The first-order valence-corrected chi connectivity index (χ1v) is 7.43. The van der Waals surface area contributed by atoms with Crippen LogP contribution in [0.5, 0.6) is 0 Å². The van der Waals surface area contributed by atoms with Crippen molar-refractivity contribution in [3.63, 3.8) is 0 Å². The summed E-state index contributed by atoms with van der Waals surface area (Å²) < 4.78 is 0.512. The summed E-state index contributed by atoms with van der Waals surface area (Å²) in [5.74, 6) is 0. The lowest BCUT2D eigenvalue weighted by Gasteiger charge is -2.27. The van der Waals surface area contributed by atoms with Crippen LogP contribution < -0.4 is 11.5 Å². The van der Waals surface area contributed by atoms with Crippen LogP contribution in [0.15, 0.2) is 35.7 Å². The monoisotopic (exact) mass is 297 g/mol. The van der Waals surface area contributed by atoms with Gasteiger partial charge in [0.25, 0.3) is 0 Å². The summed E-state index contributed by atoms with van der Waals surface area (Å²) in [5, 5.41) is 0. The van der Waals surface area contributed by atoms with Crippen molar-refractivity contribution >= 4 is 29.0 Å². The highest BCUT2D eigenvalue weighted by Gasteiger charge is 2.25. The second-order valence-corrected chi connectivity index (χ2v) is 5.85. The zero-order chi connectivity index (χ0) is 14.3. The highest BCUT2D eigenvalue weighted by Crippen LogP contribution is 2.32. The maximum atomic E-state index is 5.69. The highest BCUT2D eigenvalue weighted by molar-refractivity contribution is 8.11. The molecule has 0 spiro atoms. The van der Waals surface area contributed by atoms with Gasteiger partial charge in [0, 0.05) is 24.8 Å². The second kappa shape index (κ2) is 8.40. The van der Waals surface area contributed by atoms with Gasteiger partial charge in [0.2, 0.25) is 0 Å². The van der Waals surface area contributed by atoms with Crippen molar-refractivity contribution in [3.8, 4) is 0 Å². The van der Waals surface area contributed by atoms with Gasteiger partial charge >= 0.3 is 0 Å². The number of likely N-dealkylation sites (tertiary alicyclic amines) is 1. The van der Waals surface area contributed by atoms with E-state index in [-0.39, 0.29) is 0 Å². The molecule has 1 aliphatic carbocycles. The molecular formula is C14H23N3S2. The molecule has 4 N–H and O–H groups in total. The standard InChI is InChI=1S/C11H18N2.C3H5NS2/c1-9(8-12)13-7-6-10-4-2-3-5-11(10)13;4-2-1-3(5)6/h4-5,9H,2-3,6-8,12H2,1H3;1-2H,4H2,(H,5,6)/b;2-1-. The predicted molar refractivity (Wildman–Crippen MR) is 90.2 cm³/mol. The Bertz CT molecular complexity index is 399. The zero-order valence-electron chi connectivity index (χ0n) is 11.4. The van der Waals surface area contributed by atoms with E-state index in [4.69, 9.17) is 11.5 Å². The quantitative estimate of drug-likeness (QED) is 0.425. The van der Waals surface area contributed by atoms with Crippen LogP contribution in [-0.4, -0.2) is 28.2 Å². The van der Waals surface area contributed by atoms with Crippen LogP contribution in [0.1, 0.15) is 26.2 Å². The third-order valence-corrected chi connectivity index (χ3v) is 3.55. The summed E-state index contributed by atoms with van der Waals surface area (Å²) >= 11 is 8.23. The minimum absolute atomic E-state index is 0.496. The molecule has 5 heteroatoms. The van der Waals surface area contributed by atoms with E-state index in [0.29, 0.717) is 10.2 Å². The minimum atomic E-state index is 0.496. The van der Waals surface area contributed by atoms with Gasteiger partial charge in [-0.25, -0.2) is 0 Å². The molecule has 1 fully saturated rings. The average molecular weight is 297 g/mol. The Morgan fingerprint density at radius 1 is 1.53 bits per heavy atom. The molecule has 1 atom stereocenters. The Morgan fingerprint density at radius 2 is 2.21 bits per heavy atom. The molecule has 1 saturated heterocycles. The van der Waals surface area contributed by atoms with Crippen molar-refractivity contribution in [1.82, 2.24) is 4.90 Å². The number of nitrogens with zero attached hydrogens (tertiary/aromatic N) is 1. The molecule has 0 saturated carbocycles. The topological polar surface area (TPSA) is 55.3 Å². The Morgan fingerprint density at radius 3 is 2.74 bits per heavy atom. The predicted octanol–water partition coefficient (Wildman–Crippen LogP) is 2.36. The van der Waals surface area contributed by atoms with Crippen LogP contribution in [0.25, 0.3) is 0 Å². The van der Waals surface area contributed by atoms with Crippen molar-refractivity contribution in [2.45, 2.75) is 32.2 Å². The first-order valence-electron chi connectivity index (χ1n) is 6.57. The van der Waals surface area contributed by atoms with Crippen LogP contribution in [0.3, 0.4) is 0 Å². The number of nitrogens with two attached hydrogens (primary N) is 2. The van der Waals surface area contributed by atoms with Gasteiger partial charge in [-0.2, -0.15) is 0 Å². The molecule has 19 heavy (non-hydrogen) atoms. The summed E-state index contributed by atoms with van der Waals surface area (Å²) in [5.41, 5.74) is 13.6. The van der Waals surface area contributed by atoms with Crippen molar-refractivity contribution in [3.05, 3.63) is 35.7 Å². The molecule has 2 rings (SSSR count). The average Bonchev–Trinajstić information content (AvgIpc) is 2.82. The smallest absolute Gasteiger partial charge is 0.0689 e. The third-order valence-electron chi connectivity index (χ3n) is 3.27. The van der Waals surface area contributed by atoms with Crippen molar-refractivity contribution in [1.29, 1.82) is 0 Å². The van der Waals surface area contributed by atoms with Gasteiger partial charge in [-0.05, 0) is 44.0 Å². The Balaban J connectivity index is 0.000000258. The molecular weight excluding hydrogens is 274 g/mol. The normalized spacial score (nSPS) is 19.2. The van der Waals surface area contributed by atoms with Gasteiger partial charge in [0.15, 0.2) is 0 Å². The molecule has 0 amide bonds. The molecule has 0 aromatic carbocycles. The molecule has 0 radical (unpaired) electrons. The van der Waals surface area contributed by atoms with E-state index in [1.54, 1.807) is 11.6 Å². The van der Waals surface area contributed by atoms with Gasteiger partial charge in [-0.1, -0.05) is 24.4 Å². The van der Waals surface area contributed by atoms with E-state index in [0.717, 1.165) is 13.1 Å². The van der Waals surface area contributed by atoms with Crippen LogP contribution in [0, 0.1) is 0 Å². The number of hydrogen-bond donors (Lipinski definition) is 3. The Labute approximate surface area is 126 Å². The molecule has 3 nitrogen and oxygen atoms in total. The number of allylic oxidation sites excluding steroid dienone is 3. The van der Waals surface area contributed by atoms with E-state index < -0.39 is 0 Å². The van der Waals surface area contributed by atoms with E-state index in [1.165, 1.54) is 31.2 Å². The van der Waals surface area contributed by atoms with Crippen molar-refractivity contribution in [2.24, 2.45) is 11.5 Å². The molecule has 1 aliphatic heterocycles. The molecule has 2 aliphatic rings. The number of thiocarbonyl (C=S) groups is 1. The Kier molecular flexibility index (Phi) is 7.20. The molecule has 106 valence electrons. The maximum Gasteiger partial charge on any atom is 0.0689 e. The fourth-order valence-corrected chi connectivity index (χ4v) is 2.44. The van der Waals surface area contributed by atoms with Gasteiger partial charge in [-0.15, -0.1) is 12.6 Å². The van der Waals surface area contributed by atoms with E-state index >= 15 is 0 Å². The first-order chi connectivity index (χ1) is 9.10. The molecule has 0 aromatic rings. The zero-order valence-corrected chi connectivity index (χ0v) is 13.1. The number of fused-ring (bicyclic) bond motifs is 1. The van der Waals surface area contributed by atoms with Crippen LogP contribution >= 0.6 is 24.8 Å². The van der Waals surface area contributed by atoms with Crippen LogP contribution in [0.2, 0.25) is 0 Å². The molecule has 1 heterocycles. The number of thiol groups is 1. The summed E-state index contributed by atoms with van der Waals surface area (Å²) in [6.07, 6.45) is 11.3. The minimum Gasteiger partial charge on any atom is -0.405 e. The second-order valence-electron chi connectivity index (χ2n) is 4.62. The third kappa shape index (κ3) is 5.01. The maximum absolute atomic E-state index is 5.69. The molecule has 0 aromatic heterocycles. The number of hydrogen-bond acceptors (Lipinski definition) is 4. The molecule has 1 unspecified atom stereocenters. The fourth-order valence-electron chi connectivity index (χ4n) is 2.27. The first kappa shape index (κ1) is 16.3. The summed E-state index contributed by atoms with van der Waals surface area (Å²) in [4.78, 5) is 2.45. The highest BCUT2D eigenvalue weighted by atomic mass is 32.1.